The van der Waals surface area contributed by atoms with Crippen LogP contribution < -0.4 is 4.74 Å². The van der Waals surface area contributed by atoms with Gasteiger partial charge >= 0.3 is 5.97 Å². The monoisotopic (exact) mass is 401 g/mol. The molecule has 27 heavy (non-hydrogen) atoms. The lowest BCUT2D eigenvalue weighted by molar-refractivity contribution is 0.0471. The summed E-state index contributed by atoms with van der Waals surface area (Å²) in [6.45, 7) is -0.448. The number of Topliss-reactive ketones (excluding diaryl/α,β-unsaturated/α-hetero) is 1. The molecular weight excluding hydrogens is 389 g/mol. The van der Waals surface area contributed by atoms with Crippen LogP contribution in [-0.2, 0) is 4.74 Å². The van der Waals surface area contributed by atoms with Gasteiger partial charge in [0.2, 0.25) is 5.88 Å². The molecule has 0 fully saturated rings. The van der Waals surface area contributed by atoms with E-state index in [1.54, 1.807) is 30.3 Å². The zero-order chi connectivity index (χ0) is 19.2. The van der Waals surface area contributed by atoms with Crippen LogP contribution in [0.4, 0.5) is 0 Å². The fourth-order valence-electron chi connectivity index (χ4n) is 2.19. The zero-order valence-corrected chi connectivity index (χ0v) is 15.4. The molecule has 1 aromatic heterocycles. The predicted molar refractivity (Wildman–Crippen MR) is 102 cm³/mol. The number of para-hydroxylation sites is 1. The van der Waals surface area contributed by atoms with Crippen molar-refractivity contribution in [2.75, 3.05) is 6.61 Å². The van der Waals surface area contributed by atoms with Crippen molar-refractivity contribution in [3.63, 3.8) is 0 Å². The van der Waals surface area contributed by atoms with Crippen molar-refractivity contribution >= 4 is 35.0 Å². The number of halogens is 2. The molecule has 0 spiro atoms. The van der Waals surface area contributed by atoms with Gasteiger partial charge in [0.05, 0.1) is 10.0 Å². The highest BCUT2D eigenvalue weighted by atomic mass is 35.5. The van der Waals surface area contributed by atoms with Gasteiger partial charge in [0.15, 0.2) is 12.4 Å². The van der Waals surface area contributed by atoms with Crippen LogP contribution >= 0.6 is 23.2 Å². The van der Waals surface area contributed by atoms with Crippen LogP contribution in [-0.4, -0.2) is 23.3 Å². The smallest absolute Gasteiger partial charge is 0.344 e. The first-order chi connectivity index (χ1) is 13.0. The molecule has 3 rings (SSSR count). The highest BCUT2D eigenvalue weighted by Crippen LogP contribution is 2.24. The Labute approximate surface area is 165 Å². The SMILES string of the molecule is O=C(COC(=O)c1cccnc1Oc1ccccc1)c1ccc(Cl)c(Cl)c1. The van der Waals surface area contributed by atoms with Crippen molar-refractivity contribution in [3.05, 3.63) is 88.0 Å². The summed E-state index contributed by atoms with van der Waals surface area (Å²) < 4.78 is 10.7. The van der Waals surface area contributed by atoms with E-state index in [0.717, 1.165) is 0 Å². The van der Waals surface area contributed by atoms with E-state index in [-0.39, 0.29) is 16.5 Å². The van der Waals surface area contributed by atoms with E-state index in [2.05, 4.69) is 4.98 Å². The zero-order valence-electron chi connectivity index (χ0n) is 13.9. The highest BCUT2D eigenvalue weighted by molar-refractivity contribution is 6.42. The van der Waals surface area contributed by atoms with Gasteiger partial charge in [0, 0.05) is 11.8 Å². The van der Waals surface area contributed by atoms with E-state index < -0.39 is 18.4 Å². The third-order valence-corrected chi connectivity index (χ3v) is 4.26. The molecule has 0 atom stereocenters. The maximum Gasteiger partial charge on any atom is 0.344 e. The second-order valence-electron chi connectivity index (χ2n) is 5.40. The molecule has 5 nitrogen and oxygen atoms in total. The number of benzene rings is 2. The number of carbonyl (C=O) groups excluding carboxylic acids is 2. The number of carbonyl (C=O) groups is 2. The summed E-state index contributed by atoms with van der Waals surface area (Å²) >= 11 is 11.7. The number of ketones is 1. The molecule has 0 aliphatic carbocycles. The Morgan fingerprint density at radius 3 is 2.44 bits per heavy atom. The molecule has 0 N–H and O–H groups in total. The van der Waals surface area contributed by atoms with Crippen molar-refractivity contribution in [2.45, 2.75) is 0 Å². The normalized spacial score (nSPS) is 10.3. The Bertz CT molecular complexity index is 977. The summed E-state index contributed by atoms with van der Waals surface area (Å²) in [6.07, 6.45) is 1.50. The largest absolute Gasteiger partial charge is 0.454 e. The summed E-state index contributed by atoms with van der Waals surface area (Å²) in [4.78, 5) is 28.6. The number of ether oxygens (including phenoxy) is 2. The van der Waals surface area contributed by atoms with E-state index in [4.69, 9.17) is 32.7 Å². The molecule has 0 saturated heterocycles. The van der Waals surface area contributed by atoms with Crippen LogP contribution in [0, 0.1) is 0 Å². The summed E-state index contributed by atoms with van der Waals surface area (Å²) in [5, 5.41) is 0.586. The van der Waals surface area contributed by atoms with Crippen LogP contribution in [0.3, 0.4) is 0 Å². The van der Waals surface area contributed by atoms with Crippen LogP contribution in [0.15, 0.2) is 66.9 Å². The third kappa shape index (κ3) is 4.84. The molecule has 0 amide bonds. The maximum absolute atomic E-state index is 12.4. The van der Waals surface area contributed by atoms with Gasteiger partial charge in [-0.25, -0.2) is 9.78 Å². The second kappa shape index (κ2) is 8.66. The van der Waals surface area contributed by atoms with Crippen molar-refractivity contribution in [1.29, 1.82) is 0 Å². The topological polar surface area (TPSA) is 65.5 Å². The standard InChI is InChI=1S/C20H13Cl2NO4/c21-16-9-8-13(11-17(16)22)18(24)12-26-20(25)15-7-4-10-23-19(15)27-14-5-2-1-3-6-14/h1-11H,12H2. The lowest BCUT2D eigenvalue weighted by Gasteiger charge is -2.09. The van der Waals surface area contributed by atoms with E-state index in [1.807, 2.05) is 6.07 Å². The Kier molecular flexibility index (Phi) is 6.06. The summed E-state index contributed by atoms with van der Waals surface area (Å²) in [6, 6.07) is 16.4. The number of pyridine rings is 1. The molecule has 7 heteroatoms. The van der Waals surface area contributed by atoms with Crippen molar-refractivity contribution in [1.82, 2.24) is 4.98 Å². The van der Waals surface area contributed by atoms with Crippen molar-refractivity contribution in [3.8, 4) is 11.6 Å². The number of hydrogen-bond donors (Lipinski definition) is 0. The molecule has 0 bridgehead atoms. The third-order valence-electron chi connectivity index (χ3n) is 3.52. The summed E-state index contributed by atoms with van der Waals surface area (Å²) in [7, 11) is 0. The van der Waals surface area contributed by atoms with E-state index in [0.29, 0.717) is 16.3 Å². The first-order valence-corrected chi connectivity index (χ1v) is 8.63. The predicted octanol–water partition coefficient (Wildman–Crippen LogP) is 5.22. The highest BCUT2D eigenvalue weighted by Gasteiger charge is 2.18. The van der Waals surface area contributed by atoms with Crippen molar-refractivity contribution < 1.29 is 19.1 Å². The first-order valence-electron chi connectivity index (χ1n) is 7.88. The maximum atomic E-state index is 12.4. The first kappa shape index (κ1) is 18.9. The van der Waals surface area contributed by atoms with E-state index in [1.165, 1.54) is 30.5 Å². The molecule has 0 aliphatic rings. The molecule has 136 valence electrons. The fourth-order valence-corrected chi connectivity index (χ4v) is 2.49. The quantitative estimate of drug-likeness (QED) is 0.418. The second-order valence-corrected chi connectivity index (χ2v) is 6.21. The minimum absolute atomic E-state index is 0.0932. The van der Waals surface area contributed by atoms with Gasteiger partial charge < -0.3 is 9.47 Å². The van der Waals surface area contributed by atoms with Gasteiger partial charge in [-0.15, -0.1) is 0 Å². The Morgan fingerprint density at radius 2 is 1.70 bits per heavy atom. The minimum atomic E-state index is -0.720. The number of nitrogens with zero attached hydrogens (tertiary/aromatic N) is 1. The lowest BCUT2D eigenvalue weighted by atomic mass is 10.1. The Balaban J connectivity index is 1.69. The van der Waals surface area contributed by atoms with Gasteiger partial charge in [0.25, 0.3) is 0 Å². The number of rotatable bonds is 6. The number of aromatic nitrogens is 1. The van der Waals surface area contributed by atoms with Crippen LogP contribution in [0.25, 0.3) is 0 Å². The fraction of sp³-hybridized carbons (Fsp3) is 0.0500. The molecule has 0 aliphatic heterocycles. The van der Waals surface area contributed by atoms with Crippen LogP contribution in [0.2, 0.25) is 10.0 Å². The van der Waals surface area contributed by atoms with Gasteiger partial charge in [0.1, 0.15) is 11.3 Å². The molecule has 0 saturated carbocycles. The summed E-state index contributed by atoms with van der Waals surface area (Å²) in [5.74, 6) is -0.508. The van der Waals surface area contributed by atoms with Gasteiger partial charge in [-0.3, -0.25) is 4.79 Å². The molecule has 2 aromatic carbocycles. The number of hydrogen-bond acceptors (Lipinski definition) is 5. The number of esters is 1. The summed E-state index contributed by atoms with van der Waals surface area (Å²) in [5.41, 5.74) is 0.410. The average molecular weight is 402 g/mol. The Morgan fingerprint density at radius 1 is 0.926 bits per heavy atom. The molecule has 0 unspecified atom stereocenters. The van der Waals surface area contributed by atoms with Crippen molar-refractivity contribution in [2.24, 2.45) is 0 Å². The molecule has 0 radical (unpaired) electrons. The molecule has 1 heterocycles. The van der Waals surface area contributed by atoms with Crippen LogP contribution in [0.5, 0.6) is 11.6 Å². The van der Waals surface area contributed by atoms with Crippen LogP contribution in [0.1, 0.15) is 20.7 Å². The van der Waals surface area contributed by atoms with Gasteiger partial charge in [-0.1, -0.05) is 41.4 Å². The minimum Gasteiger partial charge on any atom is -0.454 e. The van der Waals surface area contributed by atoms with Gasteiger partial charge in [-0.2, -0.15) is 0 Å². The average Bonchev–Trinajstić information content (AvgIpc) is 2.69. The molecule has 3 aromatic rings. The van der Waals surface area contributed by atoms with Gasteiger partial charge in [-0.05, 0) is 42.5 Å². The molecular formula is C20H13Cl2NO4. The van der Waals surface area contributed by atoms with E-state index >= 15 is 0 Å². The van der Waals surface area contributed by atoms with E-state index in [9.17, 15) is 9.59 Å². The lowest BCUT2D eigenvalue weighted by Crippen LogP contribution is -2.15. The Hall–Kier alpha value is -2.89.